The van der Waals surface area contributed by atoms with Crippen LogP contribution in [0.2, 0.25) is 0 Å². The van der Waals surface area contributed by atoms with Gasteiger partial charge in [0.1, 0.15) is 6.04 Å². The molecule has 6 nitrogen and oxygen atoms in total. The van der Waals surface area contributed by atoms with Crippen molar-refractivity contribution in [1.82, 2.24) is 19.6 Å². The highest BCUT2D eigenvalue weighted by Gasteiger charge is 2.18. The molecule has 0 aliphatic carbocycles. The van der Waals surface area contributed by atoms with E-state index in [-0.39, 0.29) is 5.91 Å². The third-order valence-corrected chi connectivity index (χ3v) is 5.52. The summed E-state index contributed by atoms with van der Waals surface area (Å²) in [5, 5.41) is 14.1. The van der Waals surface area contributed by atoms with Crippen molar-refractivity contribution in [1.29, 1.82) is 0 Å². The zero-order chi connectivity index (χ0) is 19.7. The third-order valence-electron chi connectivity index (χ3n) is 4.74. The van der Waals surface area contributed by atoms with Crippen LogP contribution in [0.25, 0.3) is 10.8 Å². The highest BCUT2D eigenvalue weighted by atomic mass is 79.9. The third kappa shape index (κ3) is 3.71. The fourth-order valence-electron chi connectivity index (χ4n) is 3.13. The average molecular weight is 438 g/mol. The number of amides is 1. The van der Waals surface area contributed by atoms with Crippen molar-refractivity contribution in [2.45, 2.75) is 26.4 Å². The van der Waals surface area contributed by atoms with E-state index in [9.17, 15) is 4.79 Å². The predicted octanol–water partition coefficient (Wildman–Crippen LogP) is 4.55. The summed E-state index contributed by atoms with van der Waals surface area (Å²) in [6.45, 7) is 4.33. The first-order chi connectivity index (χ1) is 13.5. The van der Waals surface area contributed by atoms with Crippen LogP contribution >= 0.6 is 15.9 Å². The Morgan fingerprint density at radius 1 is 1.14 bits per heavy atom. The molecule has 1 unspecified atom stereocenters. The first-order valence-electron chi connectivity index (χ1n) is 9.03. The van der Waals surface area contributed by atoms with Crippen LogP contribution in [0.1, 0.15) is 24.2 Å². The molecule has 2 aromatic carbocycles. The van der Waals surface area contributed by atoms with E-state index in [0.717, 1.165) is 10.2 Å². The number of carbonyl (C=O) groups excluding carboxylic acids is 1. The predicted molar refractivity (Wildman–Crippen MR) is 113 cm³/mol. The second-order valence-corrected chi connectivity index (χ2v) is 7.60. The Bertz CT molecular complexity index is 1120. The van der Waals surface area contributed by atoms with E-state index in [1.807, 2.05) is 29.9 Å². The number of nitrogens with one attached hydrogen (secondary N) is 1. The molecule has 0 aliphatic rings. The molecule has 0 saturated heterocycles. The molecule has 4 aromatic rings. The van der Waals surface area contributed by atoms with Gasteiger partial charge in [-0.25, -0.2) is 0 Å². The van der Waals surface area contributed by atoms with Crippen molar-refractivity contribution < 1.29 is 4.79 Å². The number of hydrogen-bond donors (Lipinski definition) is 1. The largest absolute Gasteiger partial charge is 0.307 e. The van der Waals surface area contributed by atoms with Gasteiger partial charge in [0.25, 0.3) is 0 Å². The first kappa shape index (κ1) is 18.4. The highest BCUT2D eigenvalue weighted by molar-refractivity contribution is 9.10. The van der Waals surface area contributed by atoms with Crippen LogP contribution in [0.5, 0.6) is 0 Å². The maximum Gasteiger partial charge on any atom is 0.250 e. The number of carbonyl (C=O) groups is 1. The van der Waals surface area contributed by atoms with E-state index in [2.05, 4.69) is 61.8 Å². The number of hydrogen-bond acceptors (Lipinski definition) is 3. The van der Waals surface area contributed by atoms with E-state index in [0.29, 0.717) is 12.4 Å². The van der Waals surface area contributed by atoms with Crippen LogP contribution < -0.4 is 5.32 Å². The summed E-state index contributed by atoms with van der Waals surface area (Å²) in [4.78, 5) is 12.5. The molecule has 0 spiro atoms. The number of anilines is 1. The van der Waals surface area contributed by atoms with Crippen LogP contribution in [-0.2, 0) is 11.3 Å². The van der Waals surface area contributed by atoms with E-state index in [4.69, 9.17) is 0 Å². The molecular formula is C21H20BrN5O. The van der Waals surface area contributed by atoms with E-state index in [1.165, 1.54) is 16.3 Å². The van der Waals surface area contributed by atoms with Crippen molar-refractivity contribution in [3.05, 3.63) is 76.7 Å². The van der Waals surface area contributed by atoms with Gasteiger partial charge in [0, 0.05) is 18.5 Å². The van der Waals surface area contributed by atoms with Crippen LogP contribution in [0, 0.1) is 6.92 Å². The molecular weight excluding hydrogens is 418 g/mol. The van der Waals surface area contributed by atoms with Crippen molar-refractivity contribution in [2.24, 2.45) is 0 Å². The molecule has 7 heteroatoms. The molecule has 2 aromatic heterocycles. The lowest BCUT2D eigenvalue weighted by atomic mass is 10.0. The van der Waals surface area contributed by atoms with Gasteiger partial charge in [0.05, 0.1) is 16.7 Å². The molecule has 0 bridgehead atoms. The zero-order valence-electron chi connectivity index (χ0n) is 15.6. The number of aromatic nitrogens is 4. The number of halogens is 1. The summed E-state index contributed by atoms with van der Waals surface area (Å²) in [6.07, 6.45) is 3.68. The second kappa shape index (κ2) is 7.59. The summed E-state index contributed by atoms with van der Waals surface area (Å²) in [6, 6.07) is 15.9. The standard InChI is InChI=1S/C21H20BrN5O/c1-14-19(22)13-27(24-14)15(2)21(28)23-20-10-11-26(25-20)12-17-8-5-7-16-6-3-4-9-18(16)17/h3-11,13,15H,12H2,1-2H3,(H,23,25,28). The number of fused-ring (bicyclic) bond motifs is 1. The molecule has 4 rings (SSSR count). The minimum Gasteiger partial charge on any atom is -0.307 e. The lowest BCUT2D eigenvalue weighted by molar-refractivity contribution is -0.119. The van der Waals surface area contributed by atoms with Crippen LogP contribution in [-0.4, -0.2) is 25.5 Å². The molecule has 1 amide bonds. The van der Waals surface area contributed by atoms with Crippen molar-refractivity contribution >= 4 is 38.4 Å². The molecule has 2 heterocycles. The van der Waals surface area contributed by atoms with E-state index in [1.54, 1.807) is 23.9 Å². The molecule has 0 radical (unpaired) electrons. The number of rotatable bonds is 5. The molecule has 0 saturated carbocycles. The molecule has 142 valence electrons. The van der Waals surface area contributed by atoms with Gasteiger partial charge in [-0.3, -0.25) is 14.2 Å². The summed E-state index contributed by atoms with van der Waals surface area (Å²) in [5.74, 6) is 0.366. The van der Waals surface area contributed by atoms with Gasteiger partial charge >= 0.3 is 0 Å². The number of benzene rings is 2. The molecule has 0 fully saturated rings. The Kier molecular flexibility index (Phi) is 5.00. The van der Waals surface area contributed by atoms with Crippen LogP contribution in [0.3, 0.4) is 0 Å². The summed E-state index contributed by atoms with van der Waals surface area (Å²) in [5.41, 5.74) is 2.03. The van der Waals surface area contributed by atoms with E-state index >= 15 is 0 Å². The van der Waals surface area contributed by atoms with Gasteiger partial charge in [-0.15, -0.1) is 0 Å². The van der Waals surface area contributed by atoms with Crippen molar-refractivity contribution in [3.8, 4) is 0 Å². The Hall–Kier alpha value is -2.93. The summed E-state index contributed by atoms with van der Waals surface area (Å²) < 4.78 is 4.35. The zero-order valence-corrected chi connectivity index (χ0v) is 17.2. The first-order valence-corrected chi connectivity index (χ1v) is 9.83. The summed E-state index contributed by atoms with van der Waals surface area (Å²) >= 11 is 3.42. The Balaban J connectivity index is 1.47. The van der Waals surface area contributed by atoms with Gasteiger partial charge < -0.3 is 5.32 Å². The molecule has 0 aliphatic heterocycles. The van der Waals surface area contributed by atoms with Gasteiger partial charge in [-0.2, -0.15) is 10.2 Å². The second-order valence-electron chi connectivity index (χ2n) is 6.74. The normalized spacial score (nSPS) is 12.2. The van der Waals surface area contributed by atoms with Crippen LogP contribution in [0.15, 0.2) is 65.4 Å². The van der Waals surface area contributed by atoms with Gasteiger partial charge in [-0.1, -0.05) is 42.5 Å². The monoisotopic (exact) mass is 437 g/mol. The van der Waals surface area contributed by atoms with Gasteiger partial charge in [0.2, 0.25) is 5.91 Å². The number of nitrogens with zero attached hydrogens (tertiary/aromatic N) is 4. The minimum absolute atomic E-state index is 0.162. The smallest absolute Gasteiger partial charge is 0.250 e. The Morgan fingerprint density at radius 2 is 1.93 bits per heavy atom. The average Bonchev–Trinajstić information content (AvgIpc) is 3.27. The SMILES string of the molecule is Cc1nn(C(C)C(=O)Nc2ccn(Cc3cccc4ccccc34)n2)cc1Br. The summed E-state index contributed by atoms with van der Waals surface area (Å²) in [7, 11) is 0. The van der Waals surface area contributed by atoms with E-state index < -0.39 is 6.04 Å². The highest BCUT2D eigenvalue weighted by Crippen LogP contribution is 2.20. The number of aryl methyl sites for hydroxylation is 1. The van der Waals surface area contributed by atoms with Crippen molar-refractivity contribution in [2.75, 3.05) is 5.32 Å². The fourth-order valence-corrected chi connectivity index (χ4v) is 3.42. The topological polar surface area (TPSA) is 64.7 Å². The van der Waals surface area contributed by atoms with Crippen LogP contribution in [0.4, 0.5) is 5.82 Å². The van der Waals surface area contributed by atoms with Crippen molar-refractivity contribution in [3.63, 3.8) is 0 Å². The Morgan fingerprint density at radius 3 is 2.71 bits per heavy atom. The maximum atomic E-state index is 12.5. The maximum absolute atomic E-state index is 12.5. The fraction of sp³-hybridized carbons (Fsp3) is 0.190. The lowest BCUT2D eigenvalue weighted by Crippen LogP contribution is -2.24. The quantitative estimate of drug-likeness (QED) is 0.497. The molecule has 28 heavy (non-hydrogen) atoms. The van der Waals surface area contributed by atoms with Gasteiger partial charge in [-0.05, 0) is 46.1 Å². The molecule has 1 N–H and O–H groups in total. The Labute approximate surface area is 171 Å². The minimum atomic E-state index is -0.437. The lowest BCUT2D eigenvalue weighted by Gasteiger charge is -2.11. The van der Waals surface area contributed by atoms with Gasteiger partial charge in [0.15, 0.2) is 5.82 Å². The molecule has 1 atom stereocenters.